The summed E-state index contributed by atoms with van der Waals surface area (Å²) in [7, 11) is 3.42. The summed E-state index contributed by atoms with van der Waals surface area (Å²) in [4.78, 5) is 0. The monoisotopic (exact) mass is 294 g/mol. The summed E-state index contributed by atoms with van der Waals surface area (Å²) in [5, 5.41) is 4.98. The summed E-state index contributed by atoms with van der Waals surface area (Å²) < 4.78 is 41.6. The second-order valence-electron chi connectivity index (χ2n) is 4.96. The van der Waals surface area contributed by atoms with Gasteiger partial charge in [0.15, 0.2) is 0 Å². The Morgan fingerprint density at radius 3 is 2.43 bits per heavy atom. The molecule has 0 fully saturated rings. The van der Waals surface area contributed by atoms with Gasteiger partial charge in [-0.2, -0.15) is 18.3 Å². The third kappa shape index (κ3) is 2.14. The first-order valence-electron chi connectivity index (χ1n) is 6.23. The van der Waals surface area contributed by atoms with Gasteiger partial charge in [0, 0.05) is 42.8 Å². The van der Waals surface area contributed by atoms with Gasteiger partial charge < -0.3 is 10.3 Å². The molecule has 1 aromatic carbocycles. The SMILES string of the molecule is Cn1nc(-c2cn(C)c3cc(C(F)(F)F)ccc23)cc1N. The molecule has 0 saturated carbocycles. The van der Waals surface area contributed by atoms with Crippen LogP contribution in [0, 0.1) is 0 Å². The van der Waals surface area contributed by atoms with Gasteiger partial charge in [-0.25, -0.2) is 0 Å². The number of nitrogens with two attached hydrogens (primary N) is 1. The third-order valence-corrected chi connectivity index (χ3v) is 3.51. The number of hydrogen-bond acceptors (Lipinski definition) is 2. The van der Waals surface area contributed by atoms with E-state index in [4.69, 9.17) is 5.73 Å². The zero-order chi connectivity index (χ0) is 15.4. The van der Waals surface area contributed by atoms with E-state index in [0.29, 0.717) is 22.4 Å². The van der Waals surface area contributed by atoms with Crippen molar-refractivity contribution in [3.8, 4) is 11.3 Å². The fourth-order valence-electron chi connectivity index (χ4n) is 2.38. The summed E-state index contributed by atoms with van der Waals surface area (Å²) in [6.07, 6.45) is -2.60. The van der Waals surface area contributed by atoms with E-state index in [9.17, 15) is 13.2 Å². The summed E-state index contributed by atoms with van der Waals surface area (Å²) in [6, 6.07) is 5.40. The van der Waals surface area contributed by atoms with E-state index in [2.05, 4.69) is 5.10 Å². The standard InChI is InChI=1S/C14H13F3N4/c1-20-7-10(11-6-13(18)21(2)19-11)9-4-3-8(5-12(9)20)14(15,16)17/h3-7H,18H2,1-2H3. The zero-order valence-corrected chi connectivity index (χ0v) is 11.4. The van der Waals surface area contributed by atoms with Gasteiger partial charge in [-0.15, -0.1) is 0 Å². The molecule has 0 aliphatic heterocycles. The fraction of sp³-hybridized carbons (Fsp3) is 0.214. The van der Waals surface area contributed by atoms with Gasteiger partial charge in [0.25, 0.3) is 0 Å². The minimum Gasteiger partial charge on any atom is -0.384 e. The molecule has 0 amide bonds. The number of aryl methyl sites for hydroxylation is 2. The molecule has 3 aromatic rings. The van der Waals surface area contributed by atoms with E-state index < -0.39 is 11.7 Å². The van der Waals surface area contributed by atoms with Crippen molar-refractivity contribution in [1.82, 2.24) is 14.3 Å². The van der Waals surface area contributed by atoms with E-state index in [-0.39, 0.29) is 0 Å². The molecular formula is C14H13F3N4. The lowest BCUT2D eigenvalue weighted by Gasteiger charge is -2.07. The van der Waals surface area contributed by atoms with Crippen molar-refractivity contribution in [2.45, 2.75) is 6.18 Å². The van der Waals surface area contributed by atoms with E-state index in [0.717, 1.165) is 17.7 Å². The Bertz CT molecular complexity index is 807. The van der Waals surface area contributed by atoms with Crippen LogP contribution in [0.1, 0.15) is 5.56 Å². The van der Waals surface area contributed by atoms with Crippen molar-refractivity contribution < 1.29 is 13.2 Å². The topological polar surface area (TPSA) is 48.8 Å². The third-order valence-electron chi connectivity index (χ3n) is 3.51. The first-order valence-corrected chi connectivity index (χ1v) is 6.23. The molecule has 0 atom stereocenters. The summed E-state index contributed by atoms with van der Waals surface area (Å²) in [5.74, 6) is 0.494. The molecule has 0 aliphatic carbocycles. The molecule has 0 aliphatic rings. The Morgan fingerprint density at radius 1 is 1.14 bits per heavy atom. The van der Waals surface area contributed by atoms with Gasteiger partial charge in [0.2, 0.25) is 0 Å². The molecule has 2 heterocycles. The largest absolute Gasteiger partial charge is 0.416 e. The number of hydrogen-bond donors (Lipinski definition) is 1. The van der Waals surface area contributed by atoms with Crippen molar-refractivity contribution in [3.63, 3.8) is 0 Å². The van der Waals surface area contributed by atoms with Crippen LogP contribution in [0.15, 0.2) is 30.5 Å². The number of aromatic nitrogens is 3. The van der Waals surface area contributed by atoms with Crippen molar-refractivity contribution in [2.75, 3.05) is 5.73 Å². The predicted octanol–water partition coefficient (Wildman–Crippen LogP) is 3.18. The Morgan fingerprint density at radius 2 is 1.86 bits per heavy atom. The van der Waals surface area contributed by atoms with Crippen LogP contribution >= 0.6 is 0 Å². The van der Waals surface area contributed by atoms with Gasteiger partial charge in [-0.1, -0.05) is 6.07 Å². The molecule has 21 heavy (non-hydrogen) atoms. The zero-order valence-electron chi connectivity index (χ0n) is 11.4. The van der Waals surface area contributed by atoms with Gasteiger partial charge in [0.1, 0.15) is 5.82 Å². The van der Waals surface area contributed by atoms with Crippen LogP contribution in [-0.2, 0) is 20.3 Å². The van der Waals surface area contributed by atoms with Crippen molar-refractivity contribution in [2.24, 2.45) is 14.1 Å². The van der Waals surface area contributed by atoms with Gasteiger partial charge >= 0.3 is 6.18 Å². The Kier molecular flexibility index (Phi) is 2.76. The second-order valence-corrected chi connectivity index (χ2v) is 4.96. The number of halogens is 3. The molecule has 4 nitrogen and oxygen atoms in total. The minimum absolute atomic E-state index is 0.494. The van der Waals surface area contributed by atoms with Crippen LogP contribution in [0.3, 0.4) is 0 Å². The second kappa shape index (κ2) is 4.28. The van der Waals surface area contributed by atoms with Crippen LogP contribution in [0.4, 0.5) is 19.0 Å². The quantitative estimate of drug-likeness (QED) is 0.749. The number of rotatable bonds is 1. The minimum atomic E-state index is -4.35. The van der Waals surface area contributed by atoms with E-state index in [1.807, 2.05) is 0 Å². The maximum Gasteiger partial charge on any atom is 0.416 e. The number of anilines is 1. The molecule has 0 bridgehead atoms. The van der Waals surface area contributed by atoms with Gasteiger partial charge in [-0.3, -0.25) is 4.68 Å². The summed E-state index contributed by atoms with van der Waals surface area (Å²) in [5.41, 5.74) is 6.99. The molecule has 0 radical (unpaired) electrons. The molecule has 3 rings (SSSR count). The molecular weight excluding hydrogens is 281 g/mol. The van der Waals surface area contributed by atoms with Crippen molar-refractivity contribution >= 4 is 16.7 Å². The van der Waals surface area contributed by atoms with E-state index in [1.54, 1.807) is 30.9 Å². The number of benzene rings is 1. The highest BCUT2D eigenvalue weighted by Crippen LogP contribution is 2.35. The number of nitrogen functional groups attached to an aromatic ring is 1. The molecule has 7 heteroatoms. The molecule has 110 valence electrons. The Balaban J connectivity index is 2.22. The smallest absolute Gasteiger partial charge is 0.384 e. The van der Waals surface area contributed by atoms with Crippen molar-refractivity contribution in [3.05, 3.63) is 36.0 Å². The first-order chi connectivity index (χ1) is 9.77. The number of alkyl halides is 3. The first kappa shape index (κ1) is 13.5. The predicted molar refractivity (Wildman–Crippen MR) is 74.5 cm³/mol. The van der Waals surface area contributed by atoms with E-state index in [1.165, 1.54) is 10.7 Å². The molecule has 2 aromatic heterocycles. The highest BCUT2D eigenvalue weighted by Gasteiger charge is 2.31. The van der Waals surface area contributed by atoms with Crippen LogP contribution in [0.5, 0.6) is 0 Å². The van der Waals surface area contributed by atoms with Crippen LogP contribution in [0.25, 0.3) is 22.2 Å². The van der Waals surface area contributed by atoms with Crippen LogP contribution in [-0.4, -0.2) is 14.3 Å². The highest BCUT2D eigenvalue weighted by molar-refractivity contribution is 5.95. The molecule has 0 spiro atoms. The lowest BCUT2D eigenvalue weighted by Crippen LogP contribution is -2.04. The molecule has 0 unspecified atom stereocenters. The molecule has 0 saturated heterocycles. The average Bonchev–Trinajstić information content (AvgIpc) is 2.90. The number of fused-ring (bicyclic) bond motifs is 1. The van der Waals surface area contributed by atoms with Gasteiger partial charge in [-0.05, 0) is 12.1 Å². The number of nitrogens with zero attached hydrogens (tertiary/aromatic N) is 3. The summed E-state index contributed by atoms with van der Waals surface area (Å²) >= 11 is 0. The van der Waals surface area contributed by atoms with E-state index >= 15 is 0 Å². The van der Waals surface area contributed by atoms with Gasteiger partial charge in [0.05, 0.1) is 11.3 Å². The highest BCUT2D eigenvalue weighted by atomic mass is 19.4. The van der Waals surface area contributed by atoms with Crippen molar-refractivity contribution in [1.29, 1.82) is 0 Å². The lowest BCUT2D eigenvalue weighted by atomic mass is 10.1. The van der Waals surface area contributed by atoms with Crippen LogP contribution in [0.2, 0.25) is 0 Å². The Hall–Kier alpha value is -2.44. The fourth-order valence-corrected chi connectivity index (χ4v) is 2.38. The summed E-state index contributed by atoms with van der Waals surface area (Å²) in [6.45, 7) is 0. The van der Waals surface area contributed by atoms with Crippen LogP contribution < -0.4 is 5.73 Å². The Labute approximate surface area is 118 Å². The average molecular weight is 294 g/mol. The maximum atomic E-state index is 12.8. The lowest BCUT2D eigenvalue weighted by molar-refractivity contribution is -0.137. The maximum absolute atomic E-state index is 12.8. The normalized spacial score (nSPS) is 12.2. The molecule has 2 N–H and O–H groups in total.